The fraction of sp³-hybridized carbons (Fsp3) is 0.842. The van der Waals surface area contributed by atoms with Crippen LogP contribution in [0.2, 0.25) is 0 Å². The van der Waals surface area contributed by atoms with Crippen LogP contribution in [0.4, 0.5) is 4.79 Å². The highest BCUT2D eigenvalue weighted by Crippen LogP contribution is 2.39. The Hall–Kier alpha value is -1.83. The number of carboxylic acid groups (broad SMARTS) is 2. The van der Waals surface area contributed by atoms with E-state index in [0.717, 1.165) is 0 Å². The lowest BCUT2D eigenvalue weighted by Crippen LogP contribution is -2.50. The Balaban J connectivity index is 3.14. The summed E-state index contributed by atoms with van der Waals surface area (Å²) in [6.07, 6.45) is -0.505. The first-order valence-corrected chi connectivity index (χ1v) is 9.28. The number of carboxylic acids is 2. The van der Waals surface area contributed by atoms with Crippen molar-refractivity contribution >= 4 is 18.0 Å². The van der Waals surface area contributed by atoms with Crippen molar-refractivity contribution < 1.29 is 34.1 Å². The zero-order valence-corrected chi connectivity index (χ0v) is 17.3. The van der Waals surface area contributed by atoms with Crippen LogP contribution in [0.1, 0.15) is 67.7 Å². The van der Waals surface area contributed by atoms with Gasteiger partial charge in [-0.3, -0.25) is 14.5 Å². The minimum Gasteiger partial charge on any atom is -0.481 e. The zero-order chi connectivity index (χ0) is 21.2. The predicted octanol–water partition coefficient (Wildman–Crippen LogP) is 3.34. The molecule has 27 heavy (non-hydrogen) atoms. The second-order valence-electron chi connectivity index (χ2n) is 8.93. The predicted molar refractivity (Wildman–Crippen MR) is 98.3 cm³/mol. The monoisotopic (exact) mass is 387 g/mol. The van der Waals surface area contributed by atoms with Gasteiger partial charge in [0.05, 0.1) is 18.1 Å². The summed E-state index contributed by atoms with van der Waals surface area (Å²) < 4.78 is 11.6. The Kier molecular flexibility index (Phi) is 7.27. The number of carbonyl (C=O) groups excluding carboxylic acids is 1. The fourth-order valence-corrected chi connectivity index (χ4v) is 3.44. The van der Waals surface area contributed by atoms with Crippen molar-refractivity contribution in [2.24, 2.45) is 11.8 Å². The molecule has 0 radical (unpaired) electrons. The zero-order valence-electron chi connectivity index (χ0n) is 17.3. The maximum atomic E-state index is 12.8. The molecule has 0 aromatic heterocycles. The van der Waals surface area contributed by atoms with Crippen LogP contribution in [-0.2, 0) is 19.1 Å². The van der Waals surface area contributed by atoms with Crippen LogP contribution < -0.4 is 0 Å². The molecule has 0 aliphatic carbocycles. The van der Waals surface area contributed by atoms with Gasteiger partial charge in [-0.2, -0.15) is 0 Å². The number of hydrogen-bond donors (Lipinski definition) is 2. The number of carbonyl (C=O) groups is 3. The molecule has 8 nitrogen and oxygen atoms in total. The molecule has 0 bridgehead atoms. The normalized spacial score (nSPS) is 24.3. The molecule has 1 unspecified atom stereocenters. The number of aliphatic carboxylic acids is 2. The highest BCUT2D eigenvalue weighted by atomic mass is 16.6. The van der Waals surface area contributed by atoms with Crippen LogP contribution >= 0.6 is 0 Å². The van der Waals surface area contributed by atoms with Gasteiger partial charge in [0.2, 0.25) is 0 Å². The molecule has 0 saturated carbocycles. The number of amides is 1. The van der Waals surface area contributed by atoms with E-state index in [4.69, 9.17) is 14.6 Å². The van der Waals surface area contributed by atoms with Crippen LogP contribution in [-0.4, -0.2) is 56.6 Å². The maximum Gasteiger partial charge on any atom is 0.412 e. The van der Waals surface area contributed by atoms with Gasteiger partial charge in [0.25, 0.3) is 0 Å². The first-order chi connectivity index (χ1) is 12.1. The van der Waals surface area contributed by atoms with Gasteiger partial charge in [-0.1, -0.05) is 13.8 Å². The first-order valence-electron chi connectivity index (χ1n) is 9.28. The third-order valence-electron chi connectivity index (χ3n) is 4.55. The van der Waals surface area contributed by atoms with Crippen molar-refractivity contribution in [2.45, 2.75) is 91.2 Å². The van der Waals surface area contributed by atoms with Gasteiger partial charge < -0.3 is 19.7 Å². The third kappa shape index (κ3) is 6.68. The van der Waals surface area contributed by atoms with E-state index in [1.54, 1.807) is 48.5 Å². The maximum absolute atomic E-state index is 12.8. The summed E-state index contributed by atoms with van der Waals surface area (Å²) in [4.78, 5) is 36.7. The Labute approximate surface area is 160 Å². The minimum absolute atomic E-state index is 0.0414. The van der Waals surface area contributed by atoms with Gasteiger partial charge in [0, 0.05) is 6.42 Å². The fourth-order valence-electron chi connectivity index (χ4n) is 3.44. The largest absolute Gasteiger partial charge is 0.481 e. The second kappa shape index (κ2) is 8.46. The van der Waals surface area contributed by atoms with Gasteiger partial charge in [-0.25, -0.2) is 4.79 Å². The molecule has 8 heteroatoms. The van der Waals surface area contributed by atoms with Gasteiger partial charge >= 0.3 is 18.0 Å². The van der Waals surface area contributed by atoms with Crippen LogP contribution in [0.5, 0.6) is 0 Å². The molecule has 1 aliphatic heterocycles. The number of nitrogens with zero attached hydrogens (tertiary/aromatic N) is 1. The molecule has 1 saturated heterocycles. The highest BCUT2D eigenvalue weighted by molar-refractivity contribution is 5.71. The van der Waals surface area contributed by atoms with Crippen molar-refractivity contribution in [3.05, 3.63) is 0 Å². The van der Waals surface area contributed by atoms with Crippen LogP contribution in [0.3, 0.4) is 0 Å². The summed E-state index contributed by atoms with van der Waals surface area (Å²) in [5, 5.41) is 18.3. The highest BCUT2D eigenvalue weighted by Gasteiger charge is 2.51. The van der Waals surface area contributed by atoms with Crippen molar-refractivity contribution in [3.63, 3.8) is 0 Å². The van der Waals surface area contributed by atoms with Crippen LogP contribution in [0, 0.1) is 11.8 Å². The Morgan fingerprint density at radius 1 is 1.15 bits per heavy atom. The van der Waals surface area contributed by atoms with Crippen molar-refractivity contribution in [3.8, 4) is 0 Å². The average Bonchev–Trinajstić information content (AvgIpc) is 2.65. The molecule has 1 rings (SSSR count). The summed E-state index contributed by atoms with van der Waals surface area (Å²) in [5.74, 6) is -2.72. The summed E-state index contributed by atoms with van der Waals surface area (Å²) >= 11 is 0. The summed E-state index contributed by atoms with van der Waals surface area (Å²) in [6.45, 7) is 12.1. The molecular formula is C19H33NO7. The van der Waals surface area contributed by atoms with Crippen LogP contribution in [0.15, 0.2) is 0 Å². The van der Waals surface area contributed by atoms with E-state index >= 15 is 0 Å². The molecule has 4 atom stereocenters. The van der Waals surface area contributed by atoms with E-state index in [1.165, 1.54) is 4.90 Å². The van der Waals surface area contributed by atoms with E-state index in [1.807, 2.05) is 0 Å². The van der Waals surface area contributed by atoms with Gasteiger partial charge in [-0.05, 0) is 53.4 Å². The molecule has 1 aliphatic rings. The Bertz CT molecular complexity index is 567. The Morgan fingerprint density at radius 2 is 1.70 bits per heavy atom. The lowest BCUT2D eigenvalue weighted by atomic mass is 9.90. The van der Waals surface area contributed by atoms with E-state index < -0.39 is 47.4 Å². The molecule has 156 valence electrons. The lowest BCUT2D eigenvalue weighted by molar-refractivity contribution is -0.143. The van der Waals surface area contributed by atoms with E-state index in [-0.39, 0.29) is 18.8 Å². The van der Waals surface area contributed by atoms with Gasteiger partial charge in [0.15, 0.2) is 0 Å². The first kappa shape index (κ1) is 23.2. The smallest absolute Gasteiger partial charge is 0.412 e. The van der Waals surface area contributed by atoms with Gasteiger partial charge in [-0.15, -0.1) is 0 Å². The van der Waals surface area contributed by atoms with Gasteiger partial charge in [0.1, 0.15) is 11.3 Å². The Morgan fingerprint density at radius 3 is 2.15 bits per heavy atom. The molecule has 0 spiro atoms. The van der Waals surface area contributed by atoms with Crippen LogP contribution in [0.25, 0.3) is 0 Å². The van der Waals surface area contributed by atoms with Crippen molar-refractivity contribution in [1.82, 2.24) is 4.90 Å². The van der Waals surface area contributed by atoms with E-state index in [2.05, 4.69) is 0 Å². The topological polar surface area (TPSA) is 113 Å². The van der Waals surface area contributed by atoms with Crippen molar-refractivity contribution in [2.75, 3.05) is 0 Å². The minimum atomic E-state index is -0.987. The van der Waals surface area contributed by atoms with E-state index in [0.29, 0.717) is 6.42 Å². The summed E-state index contributed by atoms with van der Waals surface area (Å²) in [5.41, 5.74) is -1.68. The molecule has 0 aromatic rings. The van der Waals surface area contributed by atoms with E-state index in [9.17, 15) is 19.5 Å². The summed E-state index contributed by atoms with van der Waals surface area (Å²) in [7, 11) is 0. The molecule has 1 heterocycles. The molecular weight excluding hydrogens is 354 g/mol. The molecule has 1 amide bonds. The number of ether oxygens (including phenoxy) is 2. The standard InChI is InChI=1S/C19H33NO7/c1-11(9-15(21)22)8-13-14(10-12(2)16(23)24)26-19(6,7)20(13)17(25)27-18(3,4)5/h11-14H,8-10H2,1-7H3,(H,21,22)(H,23,24)/t11?,12-,13+,14+/m1/s1. The quantitative estimate of drug-likeness (QED) is 0.688. The number of rotatable bonds is 7. The average molecular weight is 387 g/mol. The van der Waals surface area contributed by atoms with Crippen molar-refractivity contribution in [1.29, 1.82) is 0 Å². The molecule has 0 aromatic carbocycles. The number of hydrogen-bond acceptors (Lipinski definition) is 5. The SMILES string of the molecule is CC(CC(=O)O)C[C@H]1[C@H](C[C@@H](C)C(=O)O)OC(C)(C)N1C(=O)OC(C)(C)C. The molecule has 1 fully saturated rings. The third-order valence-corrected chi connectivity index (χ3v) is 4.55. The second-order valence-corrected chi connectivity index (χ2v) is 8.93. The summed E-state index contributed by atoms with van der Waals surface area (Å²) in [6, 6.07) is -0.467. The lowest BCUT2D eigenvalue weighted by Gasteiger charge is -2.36. The molecule has 2 N–H and O–H groups in total.